The van der Waals surface area contributed by atoms with Crippen LogP contribution in [0, 0.1) is 5.92 Å². The molecule has 25 heavy (non-hydrogen) atoms. The summed E-state index contributed by atoms with van der Waals surface area (Å²) >= 11 is 1.63. The number of fused-ring (bicyclic) bond motifs is 1. The highest BCUT2D eigenvalue weighted by molar-refractivity contribution is 7.08. The van der Waals surface area contributed by atoms with Crippen molar-refractivity contribution in [3.05, 3.63) is 29.0 Å². The first-order valence-corrected chi connectivity index (χ1v) is 9.52. The molecule has 1 saturated heterocycles. The first-order chi connectivity index (χ1) is 12.3. The summed E-state index contributed by atoms with van der Waals surface area (Å²) in [7, 11) is 0. The predicted octanol–water partition coefficient (Wildman–Crippen LogP) is 1.96. The molecule has 0 aromatic carbocycles. The second-order valence-corrected chi connectivity index (χ2v) is 7.52. The molecule has 2 fully saturated rings. The van der Waals surface area contributed by atoms with E-state index in [0.29, 0.717) is 0 Å². The quantitative estimate of drug-likeness (QED) is 0.775. The number of carbonyl (C=O) groups is 1. The van der Waals surface area contributed by atoms with Gasteiger partial charge in [-0.25, -0.2) is 0 Å². The van der Waals surface area contributed by atoms with Gasteiger partial charge in [0.25, 0.3) is 0 Å². The van der Waals surface area contributed by atoms with E-state index in [2.05, 4.69) is 20.4 Å². The minimum atomic E-state index is 0.220. The molecule has 0 radical (unpaired) electrons. The third-order valence-electron chi connectivity index (χ3n) is 5.06. The molecular weight excluding hydrogens is 336 g/mol. The zero-order valence-electron chi connectivity index (χ0n) is 13.6. The first kappa shape index (κ1) is 14.8. The number of thiophene rings is 1. The molecule has 3 aromatic heterocycles. The van der Waals surface area contributed by atoms with Crippen molar-refractivity contribution in [2.24, 2.45) is 5.92 Å². The molecular formula is C17H18N6OS. The Balaban J connectivity index is 1.31. The van der Waals surface area contributed by atoms with E-state index in [1.54, 1.807) is 15.9 Å². The molecule has 0 atom stereocenters. The lowest BCUT2D eigenvalue weighted by atomic mass is 9.84. The van der Waals surface area contributed by atoms with E-state index in [0.717, 1.165) is 48.8 Å². The Bertz CT molecular complexity index is 911. The van der Waals surface area contributed by atoms with Crippen LogP contribution in [-0.4, -0.2) is 44.8 Å². The Morgan fingerprint density at radius 2 is 2.08 bits per heavy atom. The summed E-state index contributed by atoms with van der Waals surface area (Å²) < 4.78 is 1.79. The number of nitrogens with one attached hydrogen (secondary N) is 1. The maximum Gasteiger partial charge on any atom is 0.223 e. The van der Waals surface area contributed by atoms with Gasteiger partial charge in [-0.2, -0.15) is 15.9 Å². The van der Waals surface area contributed by atoms with E-state index in [1.807, 2.05) is 29.0 Å². The summed E-state index contributed by atoms with van der Waals surface area (Å²) in [5.74, 6) is 2.11. The topological polar surface area (TPSA) is 75.4 Å². The molecule has 1 amide bonds. The van der Waals surface area contributed by atoms with Gasteiger partial charge in [0.1, 0.15) is 5.82 Å². The number of nitrogens with zero attached hydrogens (tertiary/aromatic N) is 5. The zero-order chi connectivity index (χ0) is 16.8. The van der Waals surface area contributed by atoms with Crippen molar-refractivity contribution < 1.29 is 4.79 Å². The van der Waals surface area contributed by atoms with Crippen LogP contribution in [0.4, 0.5) is 5.82 Å². The van der Waals surface area contributed by atoms with Crippen LogP contribution < -0.4 is 10.2 Å². The Labute approximate surface area is 148 Å². The molecule has 1 aliphatic heterocycles. The number of hydrogen-bond acceptors (Lipinski definition) is 6. The van der Waals surface area contributed by atoms with Gasteiger partial charge in [-0.15, -0.1) is 15.3 Å². The molecule has 128 valence electrons. The molecule has 1 aliphatic carbocycles. The molecule has 8 heteroatoms. The van der Waals surface area contributed by atoms with E-state index < -0.39 is 0 Å². The van der Waals surface area contributed by atoms with Crippen LogP contribution in [0.5, 0.6) is 0 Å². The molecule has 3 aromatic rings. The second kappa shape index (κ2) is 5.80. The number of carbonyl (C=O) groups excluding carboxylic acids is 1. The predicted molar refractivity (Wildman–Crippen MR) is 95.6 cm³/mol. The highest BCUT2D eigenvalue weighted by Gasteiger charge is 2.33. The Kier molecular flexibility index (Phi) is 3.44. The molecule has 5 rings (SSSR count). The van der Waals surface area contributed by atoms with E-state index in [9.17, 15) is 4.79 Å². The molecule has 0 unspecified atom stereocenters. The maximum absolute atomic E-state index is 12.0. The summed E-state index contributed by atoms with van der Waals surface area (Å²) in [6, 6.07) is 6.14. The summed E-state index contributed by atoms with van der Waals surface area (Å²) in [6.45, 7) is 1.60. The fraction of sp³-hybridized carbons (Fsp3) is 0.412. The van der Waals surface area contributed by atoms with Crippen LogP contribution in [0.15, 0.2) is 29.0 Å². The second-order valence-electron chi connectivity index (χ2n) is 6.74. The summed E-state index contributed by atoms with van der Waals surface area (Å²) in [4.78, 5) is 14.2. The highest BCUT2D eigenvalue weighted by atomic mass is 32.1. The number of rotatable bonds is 4. The van der Waals surface area contributed by atoms with Gasteiger partial charge in [0, 0.05) is 30.0 Å². The van der Waals surface area contributed by atoms with E-state index in [4.69, 9.17) is 5.10 Å². The van der Waals surface area contributed by atoms with Crippen molar-refractivity contribution in [1.82, 2.24) is 25.1 Å². The number of aromatic nitrogens is 4. The molecule has 1 saturated carbocycles. The van der Waals surface area contributed by atoms with Gasteiger partial charge in [0.05, 0.1) is 6.04 Å². The molecule has 7 nitrogen and oxygen atoms in total. The normalized spacial score (nSPS) is 18.2. The molecule has 0 spiro atoms. The van der Waals surface area contributed by atoms with E-state index >= 15 is 0 Å². The standard InChI is InChI=1S/C17H18N6OS/c24-17(11-2-1-3-11)18-13-8-22(9-13)15-5-4-14-19-20-16(23(14)21-15)12-6-7-25-10-12/h4-7,10-11,13H,1-3,8-9H2,(H,18,24). The fourth-order valence-corrected chi connectivity index (χ4v) is 3.90. The third-order valence-corrected chi connectivity index (χ3v) is 5.74. The molecule has 0 bridgehead atoms. The van der Waals surface area contributed by atoms with Crippen LogP contribution in [0.3, 0.4) is 0 Å². The SMILES string of the molecule is O=C(NC1CN(c2ccc3nnc(-c4ccsc4)n3n2)C1)C1CCC1. The van der Waals surface area contributed by atoms with E-state index in [-0.39, 0.29) is 17.9 Å². The van der Waals surface area contributed by atoms with Gasteiger partial charge in [-0.1, -0.05) is 6.42 Å². The monoisotopic (exact) mass is 354 g/mol. The zero-order valence-corrected chi connectivity index (χ0v) is 14.4. The van der Waals surface area contributed by atoms with Crippen molar-refractivity contribution in [3.63, 3.8) is 0 Å². The molecule has 4 heterocycles. The average Bonchev–Trinajstić information content (AvgIpc) is 3.16. The highest BCUT2D eigenvalue weighted by Crippen LogP contribution is 2.27. The number of amides is 1. The van der Waals surface area contributed by atoms with Gasteiger partial charge < -0.3 is 10.2 Å². The average molecular weight is 354 g/mol. The Morgan fingerprint density at radius 3 is 2.80 bits per heavy atom. The summed E-state index contributed by atoms with van der Waals surface area (Å²) in [5, 5.41) is 20.3. The van der Waals surface area contributed by atoms with E-state index in [1.165, 1.54) is 6.42 Å². The van der Waals surface area contributed by atoms with Crippen molar-refractivity contribution in [3.8, 4) is 11.4 Å². The molecule has 2 aliphatic rings. The van der Waals surface area contributed by atoms with Gasteiger partial charge in [0.2, 0.25) is 5.91 Å². The largest absolute Gasteiger partial charge is 0.351 e. The summed E-state index contributed by atoms with van der Waals surface area (Å²) in [6.07, 6.45) is 3.27. The smallest absolute Gasteiger partial charge is 0.223 e. The van der Waals surface area contributed by atoms with Gasteiger partial charge in [-0.05, 0) is 36.4 Å². The van der Waals surface area contributed by atoms with Crippen molar-refractivity contribution >= 4 is 28.7 Å². The first-order valence-electron chi connectivity index (χ1n) is 8.58. The number of hydrogen-bond donors (Lipinski definition) is 1. The van der Waals surface area contributed by atoms with Gasteiger partial charge in [0.15, 0.2) is 11.5 Å². The number of anilines is 1. The minimum Gasteiger partial charge on any atom is -0.351 e. The van der Waals surface area contributed by atoms with Crippen LogP contribution in [0.2, 0.25) is 0 Å². The Morgan fingerprint density at radius 1 is 1.20 bits per heavy atom. The van der Waals surface area contributed by atoms with Crippen LogP contribution >= 0.6 is 11.3 Å². The third kappa shape index (κ3) is 2.57. The summed E-state index contributed by atoms with van der Waals surface area (Å²) in [5.41, 5.74) is 1.76. The lowest BCUT2D eigenvalue weighted by Crippen LogP contribution is -2.60. The lowest BCUT2D eigenvalue weighted by Gasteiger charge is -2.41. The fourth-order valence-electron chi connectivity index (χ4n) is 3.27. The van der Waals surface area contributed by atoms with Crippen molar-refractivity contribution in [2.45, 2.75) is 25.3 Å². The van der Waals surface area contributed by atoms with Crippen LogP contribution in [0.25, 0.3) is 17.0 Å². The van der Waals surface area contributed by atoms with Crippen LogP contribution in [0.1, 0.15) is 19.3 Å². The van der Waals surface area contributed by atoms with Crippen molar-refractivity contribution in [1.29, 1.82) is 0 Å². The maximum atomic E-state index is 12.0. The molecule has 1 N–H and O–H groups in total. The minimum absolute atomic E-state index is 0.220. The Hall–Kier alpha value is -2.48. The lowest BCUT2D eigenvalue weighted by molar-refractivity contribution is -0.128. The van der Waals surface area contributed by atoms with Gasteiger partial charge in [-0.3, -0.25) is 4.79 Å². The van der Waals surface area contributed by atoms with Crippen LogP contribution in [-0.2, 0) is 4.79 Å². The van der Waals surface area contributed by atoms with Crippen molar-refractivity contribution in [2.75, 3.05) is 18.0 Å². The van der Waals surface area contributed by atoms with Gasteiger partial charge >= 0.3 is 0 Å².